The van der Waals surface area contributed by atoms with Crippen molar-refractivity contribution in [1.82, 2.24) is 0 Å². The fraction of sp³-hybridized carbons (Fsp3) is 0.462. The fourth-order valence-corrected chi connectivity index (χ4v) is 1.73. The number of carbonyl (C=O) groups excluding carboxylic acids is 1. The molecule has 1 fully saturated rings. The number of benzene rings is 1. The van der Waals surface area contributed by atoms with E-state index in [1.807, 2.05) is 6.92 Å². The largest absolute Gasteiger partial charge is 0.487 e. The van der Waals surface area contributed by atoms with Crippen molar-refractivity contribution < 1.29 is 18.7 Å². The van der Waals surface area contributed by atoms with Gasteiger partial charge in [0.05, 0.1) is 0 Å². The molecule has 2 unspecified atom stereocenters. The highest BCUT2D eigenvalue weighted by atomic mass is 19.1. The molecule has 1 saturated carbocycles. The molecular formula is C13H15FO3. The second-order valence-electron chi connectivity index (χ2n) is 4.08. The third kappa shape index (κ3) is 2.82. The molecule has 1 aromatic carbocycles. The molecule has 0 saturated heterocycles. The van der Waals surface area contributed by atoms with Gasteiger partial charge in [-0.1, -0.05) is 13.0 Å². The lowest BCUT2D eigenvalue weighted by atomic mass is 9.90. The Hall–Kier alpha value is -1.42. The maximum atomic E-state index is 12.9. The van der Waals surface area contributed by atoms with Crippen molar-refractivity contribution in [1.29, 1.82) is 0 Å². The Bertz CT molecular complexity index is 405. The van der Waals surface area contributed by atoms with Crippen LogP contribution in [0.5, 0.6) is 5.75 Å². The summed E-state index contributed by atoms with van der Waals surface area (Å²) in [5.74, 6) is 0.145. The second kappa shape index (κ2) is 5.27. The van der Waals surface area contributed by atoms with Gasteiger partial charge in [-0.15, -0.1) is 0 Å². The van der Waals surface area contributed by atoms with Gasteiger partial charge >= 0.3 is 0 Å². The molecule has 0 N–H and O–H groups in total. The standard InChI is InChI=1S/C13H15FO3/c1-2-6-16-13-11(15)8-12(13)17-10-5-3-4-9(14)7-10/h3-5,7,12-13H,2,6,8H2,1H3. The Morgan fingerprint density at radius 1 is 1.47 bits per heavy atom. The van der Waals surface area contributed by atoms with E-state index in [4.69, 9.17) is 9.47 Å². The van der Waals surface area contributed by atoms with Crippen LogP contribution in [0.25, 0.3) is 0 Å². The summed E-state index contributed by atoms with van der Waals surface area (Å²) in [7, 11) is 0. The number of ether oxygens (including phenoxy) is 2. The van der Waals surface area contributed by atoms with Crippen molar-refractivity contribution in [3.63, 3.8) is 0 Å². The monoisotopic (exact) mass is 238 g/mol. The minimum Gasteiger partial charge on any atom is -0.487 e. The Morgan fingerprint density at radius 3 is 2.94 bits per heavy atom. The van der Waals surface area contributed by atoms with Gasteiger partial charge in [-0.25, -0.2) is 4.39 Å². The third-order valence-electron chi connectivity index (χ3n) is 2.64. The highest BCUT2D eigenvalue weighted by molar-refractivity contribution is 5.90. The van der Waals surface area contributed by atoms with Gasteiger partial charge in [0.15, 0.2) is 11.9 Å². The number of hydrogen-bond acceptors (Lipinski definition) is 3. The van der Waals surface area contributed by atoms with Gasteiger partial charge in [-0.2, -0.15) is 0 Å². The molecule has 0 aliphatic heterocycles. The zero-order valence-electron chi connectivity index (χ0n) is 9.69. The topological polar surface area (TPSA) is 35.5 Å². The molecule has 4 heteroatoms. The van der Waals surface area contributed by atoms with Crippen molar-refractivity contribution in [3.05, 3.63) is 30.1 Å². The van der Waals surface area contributed by atoms with Crippen LogP contribution in [0.4, 0.5) is 4.39 Å². The van der Waals surface area contributed by atoms with Gasteiger partial charge in [0.2, 0.25) is 0 Å². The molecule has 2 rings (SSSR count). The van der Waals surface area contributed by atoms with Crippen LogP contribution in [0.2, 0.25) is 0 Å². The smallest absolute Gasteiger partial charge is 0.169 e. The van der Waals surface area contributed by atoms with Gasteiger partial charge in [0.25, 0.3) is 0 Å². The molecule has 0 radical (unpaired) electrons. The summed E-state index contributed by atoms with van der Waals surface area (Å²) >= 11 is 0. The number of ketones is 1. The lowest BCUT2D eigenvalue weighted by Crippen LogP contribution is -2.52. The van der Waals surface area contributed by atoms with Crippen LogP contribution in [-0.2, 0) is 9.53 Å². The molecule has 0 aromatic heterocycles. The van der Waals surface area contributed by atoms with Crippen LogP contribution in [0, 0.1) is 5.82 Å². The van der Waals surface area contributed by atoms with Gasteiger partial charge in [-0.3, -0.25) is 4.79 Å². The van der Waals surface area contributed by atoms with Gasteiger partial charge in [-0.05, 0) is 18.6 Å². The Morgan fingerprint density at radius 2 is 2.29 bits per heavy atom. The van der Waals surface area contributed by atoms with Crippen molar-refractivity contribution in [2.45, 2.75) is 32.0 Å². The first-order valence-electron chi connectivity index (χ1n) is 5.77. The predicted molar refractivity (Wildman–Crippen MR) is 60.5 cm³/mol. The summed E-state index contributed by atoms with van der Waals surface area (Å²) in [6.45, 7) is 2.52. The average molecular weight is 238 g/mol. The van der Waals surface area contributed by atoms with Crippen molar-refractivity contribution in [3.8, 4) is 5.75 Å². The van der Waals surface area contributed by atoms with Crippen LogP contribution in [0.3, 0.4) is 0 Å². The highest BCUT2D eigenvalue weighted by Crippen LogP contribution is 2.26. The summed E-state index contributed by atoms with van der Waals surface area (Å²) < 4.78 is 23.8. The molecule has 0 amide bonds. The lowest BCUT2D eigenvalue weighted by molar-refractivity contribution is -0.154. The van der Waals surface area contributed by atoms with Crippen LogP contribution in [0.1, 0.15) is 19.8 Å². The molecule has 3 nitrogen and oxygen atoms in total. The molecule has 0 heterocycles. The van der Waals surface area contributed by atoms with E-state index in [0.717, 1.165) is 6.42 Å². The van der Waals surface area contributed by atoms with Crippen molar-refractivity contribution in [2.24, 2.45) is 0 Å². The number of carbonyl (C=O) groups is 1. The van der Waals surface area contributed by atoms with E-state index >= 15 is 0 Å². The van der Waals surface area contributed by atoms with Crippen molar-refractivity contribution >= 4 is 5.78 Å². The van der Waals surface area contributed by atoms with E-state index in [-0.39, 0.29) is 17.7 Å². The Labute approximate surface area is 99.5 Å². The van der Waals surface area contributed by atoms with E-state index in [9.17, 15) is 9.18 Å². The van der Waals surface area contributed by atoms with E-state index in [1.165, 1.54) is 12.1 Å². The quantitative estimate of drug-likeness (QED) is 0.789. The summed E-state index contributed by atoms with van der Waals surface area (Å²) in [4.78, 5) is 11.3. The number of halogens is 1. The highest BCUT2D eigenvalue weighted by Gasteiger charge is 2.42. The SMILES string of the molecule is CCCOC1C(=O)CC1Oc1cccc(F)c1. The minimum atomic E-state index is -0.488. The molecule has 0 bridgehead atoms. The van der Waals surface area contributed by atoms with E-state index in [1.54, 1.807) is 12.1 Å². The minimum absolute atomic E-state index is 0.0554. The first-order valence-corrected chi connectivity index (χ1v) is 5.77. The van der Waals surface area contributed by atoms with Crippen LogP contribution in [0.15, 0.2) is 24.3 Å². The Balaban J connectivity index is 1.93. The maximum Gasteiger partial charge on any atom is 0.169 e. The molecule has 2 atom stereocenters. The molecule has 0 spiro atoms. The first-order chi connectivity index (χ1) is 8.20. The molecule has 1 aliphatic carbocycles. The maximum absolute atomic E-state index is 12.9. The molecule has 92 valence electrons. The van der Waals surface area contributed by atoms with Gasteiger partial charge in [0.1, 0.15) is 17.7 Å². The predicted octanol–water partition coefficient (Wildman–Crippen LogP) is 2.34. The van der Waals surface area contributed by atoms with Crippen molar-refractivity contribution in [2.75, 3.05) is 6.61 Å². The summed E-state index contributed by atoms with van der Waals surface area (Å²) in [5.41, 5.74) is 0. The van der Waals surface area contributed by atoms with Gasteiger partial charge in [0, 0.05) is 19.1 Å². The fourth-order valence-electron chi connectivity index (χ4n) is 1.73. The Kier molecular flexibility index (Phi) is 3.74. The lowest BCUT2D eigenvalue weighted by Gasteiger charge is -2.34. The van der Waals surface area contributed by atoms with Crippen LogP contribution >= 0.6 is 0 Å². The molecule has 1 aliphatic rings. The zero-order valence-corrected chi connectivity index (χ0v) is 9.69. The number of rotatable bonds is 5. The first kappa shape index (κ1) is 12.0. The third-order valence-corrected chi connectivity index (χ3v) is 2.64. The molecule has 17 heavy (non-hydrogen) atoms. The normalized spacial score (nSPS) is 23.3. The second-order valence-corrected chi connectivity index (χ2v) is 4.08. The number of Topliss-reactive ketones (excluding diaryl/α,β-unsaturated/α-hetero) is 1. The van der Waals surface area contributed by atoms with Crippen LogP contribution in [-0.4, -0.2) is 24.6 Å². The average Bonchev–Trinajstić information content (AvgIpc) is 2.29. The zero-order chi connectivity index (χ0) is 12.3. The number of hydrogen-bond donors (Lipinski definition) is 0. The molecular weight excluding hydrogens is 223 g/mol. The summed E-state index contributed by atoms with van der Waals surface area (Å²) in [6.07, 6.45) is 0.426. The summed E-state index contributed by atoms with van der Waals surface area (Å²) in [6, 6.07) is 5.90. The van der Waals surface area contributed by atoms with Gasteiger partial charge < -0.3 is 9.47 Å². The van der Waals surface area contributed by atoms with E-state index < -0.39 is 6.10 Å². The van der Waals surface area contributed by atoms with Crippen LogP contribution < -0.4 is 4.74 Å². The summed E-state index contributed by atoms with van der Waals surface area (Å²) in [5, 5.41) is 0. The van der Waals surface area contributed by atoms with E-state index in [0.29, 0.717) is 18.8 Å². The van der Waals surface area contributed by atoms with E-state index in [2.05, 4.69) is 0 Å². The molecule has 1 aromatic rings.